The number of rotatable bonds is 3. The Hall–Kier alpha value is -2.86. The zero-order chi connectivity index (χ0) is 18.0. The molecule has 1 heterocycles. The summed E-state index contributed by atoms with van der Waals surface area (Å²) in [6.07, 6.45) is 0. The van der Waals surface area contributed by atoms with E-state index in [1.807, 2.05) is 44.2 Å². The molecule has 1 amide bonds. The van der Waals surface area contributed by atoms with E-state index in [1.165, 1.54) is 0 Å². The molecule has 0 fully saturated rings. The van der Waals surface area contributed by atoms with E-state index in [-0.39, 0.29) is 11.7 Å². The molecule has 1 atom stereocenters. The number of hydrogen-bond donors (Lipinski definition) is 4. The third-order valence-corrected chi connectivity index (χ3v) is 4.33. The maximum atomic E-state index is 13.0. The molecule has 25 heavy (non-hydrogen) atoms. The molecule has 0 spiro atoms. The Morgan fingerprint density at radius 3 is 2.64 bits per heavy atom. The number of carbonyl (C=O) groups excluding carboxylic acids is 1. The molecule has 5 nitrogen and oxygen atoms in total. The number of aryl methyl sites for hydroxylation is 1. The van der Waals surface area contributed by atoms with Crippen molar-refractivity contribution >= 4 is 28.9 Å². The van der Waals surface area contributed by atoms with E-state index in [0.29, 0.717) is 16.4 Å². The molecule has 2 aromatic rings. The van der Waals surface area contributed by atoms with Crippen molar-refractivity contribution in [2.45, 2.75) is 19.9 Å². The lowest BCUT2D eigenvalue weighted by Crippen LogP contribution is -2.45. The minimum atomic E-state index is -0.440. The quantitative estimate of drug-likeness (QED) is 0.638. The molecule has 0 aliphatic carbocycles. The number of phenols is 1. The van der Waals surface area contributed by atoms with Crippen molar-refractivity contribution in [2.24, 2.45) is 0 Å². The van der Waals surface area contributed by atoms with Gasteiger partial charge in [0.2, 0.25) is 0 Å². The van der Waals surface area contributed by atoms with Crippen LogP contribution in [0.1, 0.15) is 24.1 Å². The molecule has 0 saturated heterocycles. The molecule has 3 rings (SSSR count). The predicted octanol–water partition coefficient (Wildman–Crippen LogP) is 3.13. The van der Waals surface area contributed by atoms with Gasteiger partial charge in [-0.05, 0) is 55.4 Å². The lowest BCUT2D eigenvalue weighted by Gasteiger charge is -2.30. The fourth-order valence-electron chi connectivity index (χ4n) is 2.85. The summed E-state index contributed by atoms with van der Waals surface area (Å²) in [5.74, 6) is -0.0808. The second-order valence-electron chi connectivity index (χ2n) is 5.93. The smallest absolute Gasteiger partial charge is 0.255 e. The first-order chi connectivity index (χ1) is 12.0. The van der Waals surface area contributed by atoms with Gasteiger partial charge in [-0.25, -0.2) is 0 Å². The summed E-state index contributed by atoms with van der Waals surface area (Å²) in [6.45, 7) is 3.76. The molecule has 128 valence electrons. The van der Waals surface area contributed by atoms with Crippen LogP contribution in [0.25, 0.3) is 0 Å². The van der Waals surface area contributed by atoms with Gasteiger partial charge < -0.3 is 21.1 Å². The third-order valence-electron chi connectivity index (χ3n) is 4.11. The number of hydrogen-bond acceptors (Lipinski definition) is 3. The van der Waals surface area contributed by atoms with Gasteiger partial charge in [0.25, 0.3) is 5.91 Å². The first-order valence-corrected chi connectivity index (χ1v) is 8.30. The molecule has 2 aromatic carbocycles. The van der Waals surface area contributed by atoms with Crippen LogP contribution in [0, 0.1) is 6.92 Å². The number of para-hydroxylation sites is 1. The van der Waals surface area contributed by atoms with Crippen molar-refractivity contribution in [1.29, 1.82) is 0 Å². The van der Waals surface area contributed by atoms with Crippen molar-refractivity contribution in [3.05, 3.63) is 70.9 Å². The van der Waals surface area contributed by atoms with Gasteiger partial charge in [0.15, 0.2) is 5.11 Å². The van der Waals surface area contributed by atoms with Gasteiger partial charge in [-0.15, -0.1) is 0 Å². The van der Waals surface area contributed by atoms with Crippen molar-refractivity contribution in [3.8, 4) is 5.75 Å². The topological polar surface area (TPSA) is 73.4 Å². The summed E-state index contributed by atoms with van der Waals surface area (Å²) in [7, 11) is 0. The number of allylic oxidation sites excluding steroid dienone is 1. The fourth-order valence-corrected chi connectivity index (χ4v) is 3.12. The molecule has 0 unspecified atom stereocenters. The Labute approximate surface area is 151 Å². The highest BCUT2D eigenvalue weighted by atomic mass is 32.1. The van der Waals surface area contributed by atoms with Crippen LogP contribution in [0.5, 0.6) is 5.75 Å². The van der Waals surface area contributed by atoms with E-state index >= 15 is 0 Å². The maximum Gasteiger partial charge on any atom is 0.255 e. The molecule has 6 heteroatoms. The second-order valence-corrected chi connectivity index (χ2v) is 6.34. The highest BCUT2D eigenvalue weighted by Gasteiger charge is 2.30. The van der Waals surface area contributed by atoms with Gasteiger partial charge in [-0.2, -0.15) is 0 Å². The summed E-state index contributed by atoms with van der Waals surface area (Å²) in [4.78, 5) is 13.0. The van der Waals surface area contributed by atoms with Crippen molar-refractivity contribution in [3.63, 3.8) is 0 Å². The van der Waals surface area contributed by atoms with Gasteiger partial charge in [-0.3, -0.25) is 4.79 Å². The summed E-state index contributed by atoms with van der Waals surface area (Å²) >= 11 is 5.23. The largest absolute Gasteiger partial charge is 0.508 e. The number of anilines is 1. The summed E-state index contributed by atoms with van der Waals surface area (Å²) in [5, 5.41) is 19.3. The maximum absolute atomic E-state index is 13.0. The Morgan fingerprint density at radius 2 is 1.92 bits per heavy atom. The van der Waals surface area contributed by atoms with Crippen LogP contribution >= 0.6 is 12.2 Å². The van der Waals surface area contributed by atoms with E-state index < -0.39 is 6.04 Å². The molecule has 4 N–H and O–H groups in total. The average molecular weight is 353 g/mol. The first-order valence-electron chi connectivity index (χ1n) is 7.90. The van der Waals surface area contributed by atoms with Gasteiger partial charge >= 0.3 is 0 Å². The zero-order valence-electron chi connectivity index (χ0n) is 14.0. The Morgan fingerprint density at radius 1 is 1.16 bits per heavy atom. The second kappa shape index (κ2) is 6.94. The Bertz CT molecular complexity index is 876. The molecular formula is C19H19N3O2S. The Kier molecular flexibility index (Phi) is 4.72. The number of benzene rings is 2. The van der Waals surface area contributed by atoms with E-state index in [0.717, 1.165) is 16.8 Å². The normalized spacial score (nSPS) is 16.9. The van der Waals surface area contributed by atoms with Crippen molar-refractivity contribution < 1.29 is 9.90 Å². The predicted molar refractivity (Wildman–Crippen MR) is 102 cm³/mol. The molecule has 0 radical (unpaired) electrons. The van der Waals surface area contributed by atoms with E-state index in [1.54, 1.807) is 18.2 Å². The molecule has 1 aliphatic rings. The van der Waals surface area contributed by atoms with Crippen LogP contribution in [0.3, 0.4) is 0 Å². The summed E-state index contributed by atoms with van der Waals surface area (Å²) < 4.78 is 0. The Balaban J connectivity index is 1.97. The summed E-state index contributed by atoms with van der Waals surface area (Å²) in [5.41, 5.74) is 3.72. The minimum absolute atomic E-state index is 0.139. The summed E-state index contributed by atoms with van der Waals surface area (Å²) in [6, 6.07) is 14.0. The highest BCUT2D eigenvalue weighted by molar-refractivity contribution is 7.80. The molecule has 0 saturated carbocycles. The number of amides is 1. The van der Waals surface area contributed by atoms with Gasteiger partial charge in [0, 0.05) is 11.4 Å². The lowest BCUT2D eigenvalue weighted by molar-refractivity contribution is -0.113. The van der Waals surface area contributed by atoms with Crippen LogP contribution in [0.2, 0.25) is 0 Å². The highest BCUT2D eigenvalue weighted by Crippen LogP contribution is 2.29. The van der Waals surface area contributed by atoms with E-state index in [9.17, 15) is 9.90 Å². The van der Waals surface area contributed by atoms with Crippen molar-refractivity contribution in [1.82, 2.24) is 10.6 Å². The number of thiocarbonyl (C=S) groups is 1. The number of phenolic OH excluding ortho intramolecular Hbond substituents is 1. The van der Waals surface area contributed by atoms with Gasteiger partial charge in [0.1, 0.15) is 5.75 Å². The lowest BCUT2D eigenvalue weighted by atomic mass is 9.94. The van der Waals surface area contributed by atoms with Crippen LogP contribution < -0.4 is 16.0 Å². The van der Waals surface area contributed by atoms with Crippen LogP contribution in [0.15, 0.2) is 59.8 Å². The number of aromatic hydroxyl groups is 1. The standard InChI is InChI=1S/C19H19N3O2S/c1-11-6-3-4-9-15(11)21-18(24)16-12(2)20-19(25)22-17(16)13-7-5-8-14(23)10-13/h3-10,17,23H,1-2H3,(H,21,24)(H2,20,22,25)/t17-/m1/s1. The third kappa shape index (κ3) is 3.64. The van der Waals surface area contributed by atoms with Gasteiger partial charge in [-0.1, -0.05) is 30.3 Å². The van der Waals surface area contributed by atoms with Crippen molar-refractivity contribution in [2.75, 3.05) is 5.32 Å². The van der Waals surface area contributed by atoms with Crippen LogP contribution in [-0.2, 0) is 4.79 Å². The SMILES string of the molecule is CC1=C(C(=O)Nc2ccccc2C)[C@@H](c2cccc(O)c2)NC(=S)N1. The number of nitrogens with one attached hydrogen (secondary N) is 3. The van der Waals surface area contributed by atoms with Crippen LogP contribution in [0.4, 0.5) is 5.69 Å². The molecule has 1 aliphatic heterocycles. The zero-order valence-corrected chi connectivity index (χ0v) is 14.8. The molecular weight excluding hydrogens is 334 g/mol. The van der Waals surface area contributed by atoms with Crippen LogP contribution in [-0.4, -0.2) is 16.1 Å². The van der Waals surface area contributed by atoms with E-state index in [2.05, 4.69) is 16.0 Å². The number of carbonyl (C=O) groups is 1. The molecule has 0 aromatic heterocycles. The average Bonchev–Trinajstić information content (AvgIpc) is 2.56. The minimum Gasteiger partial charge on any atom is -0.508 e. The molecule has 0 bridgehead atoms. The monoisotopic (exact) mass is 353 g/mol. The van der Waals surface area contributed by atoms with E-state index in [4.69, 9.17) is 12.2 Å². The fraction of sp³-hybridized carbons (Fsp3) is 0.158. The first kappa shape index (κ1) is 17.0. The van der Waals surface area contributed by atoms with Gasteiger partial charge in [0.05, 0.1) is 11.6 Å².